The molecule has 0 spiro atoms. The van der Waals surface area contributed by atoms with Crippen molar-refractivity contribution in [3.8, 4) is 0 Å². The molecule has 0 N–H and O–H groups in total. The summed E-state index contributed by atoms with van der Waals surface area (Å²) in [4.78, 5) is 35.7. The van der Waals surface area contributed by atoms with Gasteiger partial charge in [-0.1, -0.05) is 37.3 Å². The first-order valence-corrected chi connectivity index (χ1v) is 6.26. The molecule has 1 saturated carbocycles. The Hall–Kier alpha value is -1.77. The molecule has 0 aromatic rings. The minimum Gasteiger partial charge on any atom is -0.298 e. The summed E-state index contributed by atoms with van der Waals surface area (Å²) in [7, 11) is 0. The van der Waals surface area contributed by atoms with E-state index in [2.05, 4.69) is 0 Å². The van der Waals surface area contributed by atoms with Gasteiger partial charge in [0.25, 0.3) is 0 Å². The summed E-state index contributed by atoms with van der Waals surface area (Å²) in [6.07, 6.45) is 10.3. The van der Waals surface area contributed by atoms with E-state index < -0.39 is 5.92 Å². The highest BCUT2D eigenvalue weighted by atomic mass is 16.2. The Labute approximate surface area is 106 Å². The number of hydrogen-bond donors (Lipinski definition) is 0. The molecule has 18 heavy (non-hydrogen) atoms. The van der Waals surface area contributed by atoms with Gasteiger partial charge in [0.05, 0.1) is 0 Å². The van der Waals surface area contributed by atoms with E-state index in [1.807, 2.05) is 19.1 Å². The summed E-state index contributed by atoms with van der Waals surface area (Å²) in [5.74, 6) is -1.61. The van der Waals surface area contributed by atoms with Crippen molar-refractivity contribution in [2.45, 2.75) is 26.2 Å². The Bertz CT molecular complexity index is 464. The third-order valence-electron chi connectivity index (χ3n) is 3.31. The van der Waals surface area contributed by atoms with Crippen LogP contribution in [0.15, 0.2) is 36.0 Å². The molecule has 1 unspecified atom stereocenters. The van der Waals surface area contributed by atoms with Gasteiger partial charge < -0.3 is 0 Å². The molecule has 2 aliphatic rings. The summed E-state index contributed by atoms with van der Waals surface area (Å²) in [5.41, 5.74) is 0.448. The van der Waals surface area contributed by atoms with E-state index in [1.165, 1.54) is 0 Å². The van der Waals surface area contributed by atoms with Gasteiger partial charge in [0.2, 0.25) is 0 Å². The van der Waals surface area contributed by atoms with Crippen molar-refractivity contribution in [3.63, 3.8) is 0 Å². The summed E-state index contributed by atoms with van der Waals surface area (Å²) in [6, 6.07) is 0. The number of carbonyl (C=O) groups excluding carboxylic acids is 3. The van der Waals surface area contributed by atoms with Crippen molar-refractivity contribution < 1.29 is 14.4 Å². The molecule has 0 aliphatic heterocycles. The fourth-order valence-corrected chi connectivity index (χ4v) is 2.24. The SMILES string of the molecule is CC1C=CC=C(C(=O)C2C(=O)CCCC2=O)C=C1. The van der Waals surface area contributed by atoms with Crippen LogP contribution in [0.2, 0.25) is 0 Å². The summed E-state index contributed by atoms with van der Waals surface area (Å²) >= 11 is 0. The molecule has 3 heteroatoms. The van der Waals surface area contributed by atoms with E-state index in [4.69, 9.17) is 0 Å². The smallest absolute Gasteiger partial charge is 0.180 e. The lowest BCUT2D eigenvalue weighted by atomic mass is 9.81. The van der Waals surface area contributed by atoms with E-state index in [-0.39, 0.29) is 23.3 Å². The second kappa shape index (κ2) is 5.25. The fourth-order valence-electron chi connectivity index (χ4n) is 2.24. The molecule has 1 fully saturated rings. The average Bonchev–Trinajstić information content (AvgIpc) is 2.53. The standard InChI is InChI=1S/C15H16O3/c1-10-4-2-5-11(9-8-10)15(18)14-12(16)6-3-7-13(14)17/h2,4-5,8-10,14H,3,6-7H2,1H3. The van der Waals surface area contributed by atoms with Crippen LogP contribution >= 0.6 is 0 Å². The molecule has 94 valence electrons. The van der Waals surface area contributed by atoms with Gasteiger partial charge in [-0.25, -0.2) is 0 Å². The maximum atomic E-state index is 12.2. The Morgan fingerprint density at radius 1 is 1.17 bits per heavy atom. The van der Waals surface area contributed by atoms with E-state index in [0.29, 0.717) is 24.8 Å². The zero-order valence-electron chi connectivity index (χ0n) is 10.4. The lowest BCUT2D eigenvalue weighted by molar-refractivity contribution is -0.140. The molecule has 0 aromatic heterocycles. The maximum absolute atomic E-state index is 12.2. The highest BCUT2D eigenvalue weighted by Gasteiger charge is 2.36. The summed E-state index contributed by atoms with van der Waals surface area (Å²) in [6.45, 7) is 2.01. The number of hydrogen-bond acceptors (Lipinski definition) is 3. The Balaban J connectivity index is 2.23. The van der Waals surface area contributed by atoms with Crippen molar-refractivity contribution in [3.05, 3.63) is 36.0 Å². The molecule has 2 rings (SSSR count). The van der Waals surface area contributed by atoms with Gasteiger partial charge in [-0.05, 0) is 12.3 Å². The van der Waals surface area contributed by atoms with Crippen LogP contribution in [0, 0.1) is 11.8 Å². The van der Waals surface area contributed by atoms with Crippen LogP contribution in [0.3, 0.4) is 0 Å². The van der Waals surface area contributed by atoms with Crippen LogP contribution in [0.4, 0.5) is 0 Å². The third kappa shape index (κ3) is 2.55. The van der Waals surface area contributed by atoms with E-state index in [9.17, 15) is 14.4 Å². The lowest BCUT2D eigenvalue weighted by Crippen LogP contribution is -2.35. The number of Topliss-reactive ketones (excluding diaryl/α,β-unsaturated/α-hetero) is 3. The number of carbonyl (C=O) groups is 3. The first-order valence-electron chi connectivity index (χ1n) is 6.26. The van der Waals surface area contributed by atoms with Gasteiger partial charge in [-0.3, -0.25) is 14.4 Å². The van der Waals surface area contributed by atoms with Crippen LogP contribution in [0.1, 0.15) is 26.2 Å². The van der Waals surface area contributed by atoms with Crippen molar-refractivity contribution in [1.29, 1.82) is 0 Å². The minimum atomic E-state index is -1.06. The number of allylic oxidation sites excluding steroid dienone is 6. The molecule has 0 amide bonds. The average molecular weight is 244 g/mol. The molecule has 0 heterocycles. The molecular weight excluding hydrogens is 228 g/mol. The van der Waals surface area contributed by atoms with Crippen LogP contribution in [0.5, 0.6) is 0 Å². The fraction of sp³-hybridized carbons (Fsp3) is 0.400. The second-order valence-corrected chi connectivity index (χ2v) is 4.81. The maximum Gasteiger partial charge on any atom is 0.180 e. The quantitative estimate of drug-likeness (QED) is 0.699. The van der Waals surface area contributed by atoms with Gasteiger partial charge in [-0.2, -0.15) is 0 Å². The molecule has 0 radical (unpaired) electrons. The molecule has 1 atom stereocenters. The van der Waals surface area contributed by atoms with Gasteiger partial charge in [0.1, 0.15) is 5.92 Å². The highest BCUT2D eigenvalue weighted by Crippen LogP contribution is 2.22. The van der Waals surface area contributed by atoms with Crippen LogP contribution in [-0.4, -0.2) is 17.3 Å². The molecule has 0 aromatic carbocycles. The molecular formula is C15H16O3. The van der Waals surface area contributed by atoms with Crippen LogP contribution in [-0.2, 0) is 14.4 Å². The highest BCUT2D eigenvalue weighted by molar-refractivity contribution is 6.25. The predicted octanol–water partition coefficient (Wildman–Crippen LogP) is 2.18. The van der Waals surface area contributed by atoms with Crippen LogP contribution in [0.25, 0.3) is 0 Å². The Morgan fingerprint density at radius 2 is 1.83 bits per heavy atom. The van der Waals surface area contributed by atoms with E-state index in [0.717, 1.165) is 0 Å². The number of ketones is 3. The lowest BCUT2D eigenvalue weighted by Gasteiger charge is -2.18. The topological polar surface area (TPSA) is 51.2 Å². The molecule has 0 saturated heterocycles. The zero-order chi connectivity index (χ0) is 13.1. The summed E-state index contributed by atoms with van der Waals surface area (Å²) < 4.78 is 0. The monoisotopic (exact) mass is 244 g/mol. The van der Waals surface area contributed by atoms with Crippen molar-refractivity contribution in [2.75, 3.05) is 0 Å². The van der Waals surface area contributed by atoms with Crippen molar-refractivity contribution >= 4 is 17.3 Å². The normalized spacial score (nSPS) is 24.9. The van der Waals surface area contributed by atoms with E-state index >= 15 is 0 Å². The molecule has 0 bridgehead atoms. The predicted molar refractivity (Wildman–Crippen MR) is 67.9 cm³/mol. The second-order valence-electron chi connectivity index (χ2n) is 4.81. The van der Waals surface area contributed by atoms with Gasteiger partial charge in [-0.15, -0.1) is 0 Å². The van der Waals surface area contributed by atoms with Crippen LogP contribution < -0.4 is 0 Å². The van der Waals surface area contributed by atoms with Crippen molar-refractivity contribution in [1.82, 2.24) is 0 Å². The Morgan fingerprint density at radius 3 is 2.50 bits per heavy atom. The third-order valence-corrected chi connectivity index (χ3v) is 3.31. The minimum absolute atomic E-state index is 0.230. The number of rotatable bonds is 2. The van der Waals surface area contributed by atoms with Gasteiger partial charge in [0.15, 0.2) is 17.3 Å². The summed E-state index contributed by atoms with van der Waals surface area (Å²) in [5, 5.41) is 0. The molecule has 3 nitrogen and oxygen atoms in total. The Kier molecular flexibility index (Phi) is 3.70. The van der Waals surface area contributed by atoms with E-state index in [1.54, 1.807) is 18.2 Å². The first-order chi connectivity index (χ1) is 8.59. The van der Waals surface area contributed by atoms with Crippen molar-refractivity contribution in [2.24, 2.45) is 11.8 Å². The zero-order valence-corrected chi connectivity index (χ0v) is 10.4. The van der Waals surface area contributed by atoms with Gasteiger partial charge in [0, 0.05) is 18.4 Å². The van der Waals surface area contributed by atoms with Gasteiger partial charge >= 0.3 is 0 Å². The molecule has 2 aliphatic carbocycles. The largest absolute Gasteiger partial charge is 0.298 e. The first kappa shape index (κ1) is 12.7.